The van der Waals surface area contributed by atoms with Gasteiger partial charge in [0, 0.05) is 33.1 Å². The van der Waals surface area contributed by atoms with Gasteiger partial charge in [-0.1, -0.05) is 12.1 Å². The first-order valence-electron chi connectivity index (χ1n) is 8.17. The minimum absolute atomic E-state index is 0.242. The third kappa shape index (κ3) is 4.44. The summed E-state index contributed by atoms with van der Waals surface area (Å²) in [5.74, 6) is 0.668. The van der Waals surface area contributed by atoms with Gasteiger partial charge in [-0.2, -0.15) is 0 Å². The third-order valence-corrected chi connectivity index (χ3v) is 4.70. The van der Waals surface area contributed by atoms with Gasteiger partial charge in [0.1, 0.15) is 5.75 Å². The summed E-state index contributed by atoms with van der Waals surface area (Å²) in [5, 5.41) is 3.48. The lowest BCUT2D eigenvalue weighted by atomic mass is 9.91. The summed E-state index contributed by atoms with van der Waals surface area (Å²) < 4.78 is 22.3. The fourth-order valence-electron chi connectivity index (χ4n) is 3.18. The minimum atomic E-state index is -0.507. The number of hydrogen-bond donors (Lipinski definition) is 1. The first-order chi connectivity index (χ1) is 11.1. The summed E-state index contributed by atoms with van der Waals surface area (Å²) in [7, 11) is 5.14. The van der Waals surface area contributed by atoms with E-state index in [-0.39, 0.29) is 5.92 Å². The van der Waals surface area contributed by atoms with E-state index in [1.807, 2.05) is 6.92 Å². The lowest BCUT2D eigenvalue weighted by Crippen LogP contribution is -2.49. The first kappa shape index (κ1) is 18.2. The Morgan fingerprint density at radius 3 is 2.74 bits per heavy atom. The Hall–Kier alpha value is -1.14. The summed E-state index contributed by atoms with van der Waals surface area (Å²) in [6.45, 7) is 5.13. The van der Waals surface area contributed by atoms with Crippen molar-refractivity contribution in [2.24, 2.45) is 5.92 Å². The topological polar surface area (TPSA) is 49.0 Å². The van der Waals surface area contributed by atoms with Gasteiger partial charge < -0.3 is 24.3 Å². The largest absolute Gasteiger partial charge is 0.496 e. The monoisotopic (exact) mass is 323 g/mol. The fourth-order valence-corrected chi connectivity index (χ4v) is 3.18. The molecule has 1 N–H and O–H groups in total. The molecule has 1 aromatic rings. The number of methoxy groups -OCH3 is 3. The van der Waals surface area contributed by atoms with E-state index in [1.54, 1.807) is 21.3 Å². The van der Waals surface area contributed by atoms with E-state index in [4.69, 9.17) is 18.9 Å². The van der Waals surface area contributed by atoms with Crippen molar-refractivity contribution in [3.05, 3.63) is 29.3 Å². The second-order valence-electron chi connectivity index (χ2n) is 6.01. The van der Waals surface area contributed by atoms with E-state index < -0.39 is 5.79 Å². The van der Waals surface area contributed by atoms with E-state index in [9.17, 15) is 0 Å². The molecule has 0 saturated carbocycles. The zero-order valence-corrected chi connectivity index (χ0v) is 14.7. The molecule has 1 fully saturated rings. The van der Waals surface area contributed by atoms with E-state index in [0.717, 1.165) is 37.2 Å². The number of rotatable bonds is 8. The van der Waals surface area contributed by atoms with Gasteiger partial charge in [0.15, 0.2) is 5.79 Å². The minimum Gasteiger partial charge on any atom is -0.496 e. The van der Waals surface area contributed by atoms with Crippen LogP contribution in [0.3, 0.4) is 0 Å². The van der Waals surface area contributed by atoms with Crippen molar-refractivity contribution >= 4 is 0 Å². The van der Waals surface area contributed by atoms with Crippen molar-refractivity contribution in [3.63, 3.8) is 0 Å². The molecule has 1 aliphatic rings. The lowest BCUT2D eigenvalue weighted by molar-refractivity contribution is -0.276. The Kier molecular flexibility index (Phi) is 6.84. The van der Waals surface area contributed by atoms with Gasteiger partial charge in [-0.05, 0) is 37.1 Å². The molecule has 0 amide bonds. The van der Waals surface area contributed by atoms with Crippen LogP contribution in [0, 0.1) is 12.8 Å². The van der Waals surface area contributed by atoms with Crippen molar-refractivity contribution in [1.82, 2.24) is 5.32 Å². The standard InChI is InChI=1S/C18H29NO4/c1-14-5-6-15(11-17(14)20-2)12-19-9-7-16-13-23-10-8-18(16,21-3)22-4/h5-6,11,16,19H,7-10,12-13H2,1-4H3. The molecule has 1 heterocycles. The Bertz CT molecular complexity index is 488. The summed E-state index contributed by atoms with van der Waals surface area (Å²) in [6.07, 6.45) is 1.73. The van der Waals surface area contributed by atoms with Crippen molar-refractivity contribution in [2.45, 2.75) is 32.1 Å². The average molecular weight is 323 g/mol. The molecule has 1 saturated heterocycles. The summed E-state index contributed by atoms with van der Waals surface area (Å²) >= 11 is 0. The average Bonchev–Trinajstić information content (AvgIpc) is 2.60. The van der Waals surface area contributed by atoms with Crippen molar-refractivity contribution in [1.29, 1.82) is 0 Å². The maximum absolute atomic E-state index is 5.65. The molecule has 5 heteroatoms. The van der Waals surface area contributed by atoms with Crippen LogP contribution in [0.4, 0.5) is 0 Å². The highest BCUT2D eigenvalue weighted by molar-refractivity contribution is 5.36. The van der Waals surface area contributed by atoms with E-state index in [1.165, 1.54) is 5.56 Å². The van der Waals surface area contributed by atoms with Crippen molar-refractivity contribution in [3.8, 4) is 5.75 Å². The van der Waals surface area contributed by atoms with E-state index >= 15 is 0 Å². The molecule has 5 nitrogen and oxygen atoms in total. The van der Waals surface area contributed by atoms with Crippen LogP contribution in [-0.4, -0.2) is 46.9 Å². The molecule has 1 aliphatic heterocycles. The van der Waals surface area contributed by atoms with Gasteiger partial charge >= 0.3 is 0 Å². The molecule has 1 atom stereocenters. The second kappa shape index (κ2) is 8.64. The molecule has 130 valence electrons. The van der Waals surface area contributed by atoms with Crippen LogP contribution in [0.5, 0.6) is 5.75 Å². The Morgan fingerprint density at radius 1 is 1.26 bits per heavy atom. The second-order valence-corrected chi connectivity index (χ2v) is 6.01. The number of hydrogen-bond acceptors (Lipinski definition) is 5. The van der Waals surface area contributed by atoms with E-state index in [0.29, 0.717) is 13.2 Å². The van der Waals surface area contributed by atoms with Gasteiger partial charge in [-0.25, -0.2) is 0 Å². The molecule has 1 unspecified atom stereocenters. The highest BCUT2D eigenvalue weighted by Crippen LogP contribution is 2.32. The first-order valence-corrected chi connectivity index (χ1v) is 8.17. The van der Waals surface area contributed by atoms with Crippen LogP contribution in [0.1, 0.15) is 24.0 Å². The zero-order chi connectivity index (χ0) is 16.7. The molecule has 23 heavy (non-hydrogen) atoms. The predicted molar refractivity (Wildman–Crippen MR) is 89.7 cm³/mol. The predicted octanol–water partition coefficient (Wildman–Crippen LogP) is 2.51. The zero-order valence-electron chi connectivity index (χ0n) is 14.7. The summed E-state index contributed by atoms with van der Waals surface area (Å²) in [6, 6.07) is 6.30. The molecule has 0 aliphatic carbocycles. The number of nitrogens with one attached hydrogen (secondary N) is 1. The molecule has 0 aromatic heterocycles. The van der Waals surface area contributed by atoms with Crippen LogP contribution >= 0.6 is 0 Å². The van der Waals surface area contributed by atoms with Crippen LogP contribution in [0.25, 0.3) is 0 Å². The molecule has 0 bridgehead atoms. The van der Waals surface area contributed by atoms with Gasteiger partial charge in [0.25, 0.3) is 0 Å². The highest BCUT2D eigenvalue weighted by Gasteiger charge is 2.41. The van der Waals surface area contributed by atoms with Crippen LogP contribution < -0.4 is 10.1 Å². The molecular formula is C18H29NO4. The quantitative estimate of drug-likeness (QED) is 0.588. The number of ether oxygens (including phenoxy) is 4. The molecular weight excluding hydrogens is 294 g/mol. The summed E-state index contributed by atoms with van der Waals surface area (Å²) in [4.78, 5) is 0. The fraction of sp³-hybridized carbons (Fsp3) is 0.667. The Morgan fingerprint density at radius 2 is 2.04 bits per heavy atom. The molecule has 0 spiro atoms. The summed E-state index contributed by atoms with van der Waals surface area (Å²) in [5.41, 5.74) is 2.37. The maximum atomic E-state index is 5.65. The smallest absolute Gasteiger partial charge is 0.174 e. The van der Waals surface area contributed by atoms with E-state index in [2.05, 4.69) is 23.5 Å². The normalized spacial score (nSPS) is 20.4. The SMILES string of the molecule is COc1cc(CNCCC2COCCC2(OC)OC)ccc1C. The lowest BCUT2D eigenvalue weighted by Gasteiger charge is -2.41. The number of aryl methyl sites for hydroxylation is 1. The van der Waals surface area contributed by atoms with Crippen LogP contribution in [0.2, 0.25) is 0 Å². The highest BCUT2D eigenvalue weighted by atomic mass is 16.7. The van der Waals surface area contributed by atoms with Crippen LogP contribution in [-0.2, 0) is 20.8 Å². The Labute approximate surface area is 139 Å². The van der Waals surface area contributed by atoms with Gasteiger partial charge in [-0.3, -0.25) is 0 Å². The van der Waals surface area contributed by atoms with Crippen molar-refractivity contribution < 1.29 is 18.9 Å². The molecule has 0 radical (unpaired) electrons. The van der Waals surface area contributed by atoms with Gasteiger partial charge in [0.05, 0.1) is 20.3 Å². The van der Waals surface area contributed by atoms with Gasteiger partial charge in [-0.15, -0.1) is 0 Å². The molecule has 2 rings (SSSR count). The number of benzene rings is 1. The maximum Gasteiger partial charge on any atom is 0.174 e. The third-order valence-electron chi connectivity index (χ3n) is 4.70. The van der Waals surface area contributed by atoms with Crippen LogP contribution in [0.15, 0.2) is 18.2 Å². The Balaban J connectivity index is 1.82. The van der Waals surface area contributed by atoms with Crippen molar-refractivity contribution in [2.75, 3.05) is 41.1 Å². The molecule has 1 aromatic carbocycles. The van der Waals surface area contributed by atoms with Gasteiger partial charge in [0.2, 0.25) is 0 Å².